The molecule has 11 heavy (non-hydrogen) atoms. The van der Waals surface area contributed by atoms with Crippen LogP contribution in [0.3, 0.4) is 0 Å². The van der Waals surface area contributed by atoms with E-state index in [4.69, 9.17) is 27.9 Å². The number of alkyl halides is 2. The second-order valence-electron chi connectivity index (χ2n) is 2.97. The lowest BCUT2D eigenvalue weighted by Gasteiger charge is -2.19. The van der Waals surface area contributed by atoms with Gasteiger partial charge in [0.05, 0.1) is 5.41 Å². The van der Waals surface area contributed by atoms with Crippen molar-refractivity contribution in [3.8, 4) is 0 Å². The van der Waals surface area contributed by atoms with E-state index in [1.54, 1.807) is 20.8 Å². The van der Waals surface area contributed by atoms with Crippen molar-refractivity contribution < 1.29 is 9.53 Å². The highest BCUT2D eigenvalue weighted by molar-refractivity contribution is 6.21. The summed E-state index contributed by atoms with van der Waals surface area (Å²) in [6.45, 7) is 5.01. The standard InChI is InChI=1S/C7H12Cl2O2/c1-5(9)11-6(10)7(2,3)4-8/h5H,4H2,1-3H3. The molecule has 66 valence electrons. The first-order valence-corrected chi connectivity index (χ1v) is 4.28. The average Bonchev–Trinajstić information content (AvgIpc) is 1.86. The fourth-order valence-corrected chi connectivity index (χ4v) is 0.552. The summed E-state index contributed by atoms with van der Waals surface area (Å²) in [7, 11) is 0. The highest BCUT2D eigenvalue weighted by Crippen LogP contribution is 2.20. The van der Waals surface area contributed by atoms with Gasteiger partial charge in [-0.25, -0.2) is 0 Å². The van der Waals surface area contributed by atoms with E-state index in [9.17, 15) is 4.79 Å². The smallest absolute Gasteiger partial charge is 0.314 e. The fourth-order valence-electron chi connectivity index (χ4n) is 0.362. The van der Waals surface area contributed by atoms with E-state index in [1.807, 2.05) is 0 Å². The maximum atomic E-state index is 11.1. The first-order valence-electron chi connectivity index (χ1n) is 3.31. The van der Waals surface area contributed by atoms with Crippen molar-refractivity contribution in [1.82, 2.24) is 0 Å². The van der Waals surface area contributed by atoms with E-state index >= 15 is 0 Å². The van der Waals surface area contributed by atoms with Gasteiger partial charge in [0.15, 0.2) is 5.56 Å². The molecule has 1 unspecified atom stereocenters. The van der Waals surface area contributed by atoms with Crippen LogP contribution >= 0.6 is 23.2 Å². The highest BCUT2D eigenvalue weighted by atomic mass is 35.5. The molecule has 1 atom stereocenters. The van der Waals surface area contributed by atoms with Gasteiger partial charge in [-0.3, -0.25) is 4.79 Å². The average molecular weight is 199 g/mol. The van der Waals surface area contributed by atoms with Gasteiger partial charge in [0, 0.05) is 5.88 Å². The summed E-state index contributed by atoms with van der Waals surface area (Å²) < 4.78 is 4.75. The van der Waals surface area contributed by atoms with Crippen LogP contribution in [-0.4, -0.2) is 17.4 Å². The minimum Gasteiger partial charge on any atom is -0.446 e. The van der Waals surface area contributed by atoms with Crippen LogP contribution in [-0.2, 0) is 9.53 Å². The molecule has 0 aromatic rings. The minimum atomic E-state index is -0.648. The Kier molecular flexibility index (Phi) is 4.19. The normalized spacial score (nSPS) is 14.3. The lowest BCUT2D eigenvalue weighted by molar-refractivity contribution is -0.153. The van der Waals surface area contributed by atoms with E-state index < -0.39 is 11.0 Å². The predicted molar refractivity (Wildman–Crippen MR) is 45.9 cm³/mol. The first-order chi connectivity index (χ1) is 4.90. The van der Waals surface area contributed by atoms with Gasteiger partial charge in [-0.1, -0.05) is 11.6 Å². The Morgan fingerprint density at radius 3 is 2.36 bits per heavy atom. The molecule has 0 aliphatic heterocycles. The van der Waals surface area contributed by atoms with Crippen LogP contribution in [0.2, 0.25) is 0 Å². The minimum absolute atomic E-state index is 0.232. The summed E-state index contributed by atoms with van der Waals surface area (Å²) in [5, 5.41) is 0. The van der Waals surface area contributed by atoms with Crippen LogP contribution in [0.25, 0.3) is 0 Å². The number of esters is 1. The molecular formula is C7H12Cl2O2. The molecule has 0 rings (SSSR count). The summed E-state index contributed by atoms with van der Waals surface area (Å²) in [5.74, 6) is -0.134. The van der Waals surface area contributed by atoms with Crippen LogP contribution in [0, 0.1) is 5.41 Å². The number of rotatable bonds is 3. The van der Waals surface area contributed by atoms with Gasteiger partial charge in [-0.05, 0) is 20.8 Å². The Bertz CT molecular complexity index is 143. The lowest BCUT2D eigenvalue weighted by Crippen LogP contribution is -2.29. The van der Waals surface area contributed by atoms with Gasteiger partial charge < -0.3 is 4.74 Å². The predicted octanol–water partition coefficient (Wildman–Crippen LogP) is 2.38. The quantitative estimate of drug-likeness (QED) is 0.515. The number of hydrogen-bond acceptors (Lipinski definition) is 2. The molecule has 0 amide bonds. The van der Waals surface area contributed by atoms with Crippen LogP contribution in [0.15, 0.2) is 0 Å². The summed E-state index contributed by atoms with van der Waals surface area (Å²) in [6, 6.07) is 0. The molecule has 0 saturated carbocycles. The van der Waals surface area contributed by atoms with E-state index in [1.165, 1.54) is 0 Å². The third-order valence-corrected chi connectivity index (χ3v) is 1.91. The van der Waals surface area contributed by atoms with Crippen LogP contribution in [0.4, 0.5) is 0 Å². The van der Waals surface area contributed by atoms with E-state index in [-0.39, 0.29) is 11.8 Å². The van der Waals surface area contributed by atoms with Crippen LogP contribution in [0.1, 0.15) is 20.8 Å². The van der Waals surface area contributed by atoms with Crippen molar-refractivity contribution in [2.45, 2.75) is 26.3 Å². The number of ether oxygens (including phenoxy) is 1. The summed E-state index contributed by atoms with van der Waals surface area (Å²) in [4.78, 5) is 11.1. The van der Waals surface area contributed by atoms with Gasteiger partial charge in [0.2, 0.25) is 0 Å². The molecule has 0 fully saturated rings. The molecule has 0 spiro atoms. The molecule has 0 aromatic carbocycles. The number of halogens is 2. The molecule has 0 bridgehead atoms. The van der Waals surface area contributed by atoms with Crippen LogP contribution in [0.5, 0.6) is 0 Å². The molecule has 0 radical (unpaired) electrons. The van der Waals surface area contributed by atoms with Gasteiger partial charge in [-0.2, -0.15) is 0 Å². The molecule has 0 aliphatic rings. The third-order valence-electron chi connectivity index (χ3n) is 1.16. The Hall–Kier alpha value is 0.0500. The second-order valence-corrected chi connectivity index (χ2v) is 3.85. The van der Waals surface area contributed by atoms with Crippen molar-refractivity contribution in [3.63, 3.8) is 0 Å². The molecular weight excluding hydrogens is 187 g/mol. The fraction of sp³-hybridized carbons (Fsp3) is 0.857. The zero-order valence-corrected chi connectivity index (χ0v) is 8.37. The zero-order chi connectivity index (χ0) is 9.07. The Morgan fingerprint density at radius 1 is 1.64 bits per heavy atom. The van der Waals surface area contributed by atoms with Gasteiger partial charge in [0.25, 0.3) is 0 Å². The molecule has 2 nitrogen and oxygen atoms in total. The largest absolute Gasteiger partial charge is 0.446 e. The molecule has 0 aliphatic carbocycles. The maximum absolute atomic E-state index is 11.1. The maximum Gasteiger partial charge on any atom is 0.314 e. The topological polar surface area (TPSA) is 26.3 Å². The van der Waals surface area contributed by atoms with E-state index in [2.05, 4.69) is 0 Å². The van der Waals surface area contributed by atoms with Crippen molar-refractivity contribution in [2.24, 2.45) is 5.41 Å². The van der Waals surface area contributed by atoms with Crippen molar-refractivity contribution in [3.05, 3.63) is 0 Å². The third kappa shape index (κ3) is 3.82. The van der Waals surface area contributed by atoms with Crippen molar-refractivity contribution in [2.75, 3.05) is 5.88 Å². The van der Waals surface area contributed by atoms with E-state index in [0.29, 0.717) is 0 Å². The number of hydrogen-bond donors (Lipinski definition) is 0. The summed E-state index contributed by atoms with van der Waals surface area (Å²) in [5.41, 5.74) is -1.24. The van der Waals surface area contributed by atoms with E-state index in [0.717, 1.165) is 0 Å². The molecule has 4 heteroatoms. The van der Waals surface area contributed by atoms with Gasteiger partial charge in [-0.15, -0.1) is 11.6 Å². The van der Waals surface area contributed by atoms with Crippen molar-refractivity contribution >= 4 is 29.2 Å². The Balaban J connectivity index is 4.02. The first kappa shape index (κ1) is 11.1. The zero-order valence-electron chi connectivity index (χ0n) is 6.86. The van der Waals surface area contributed by atoms with Gasteiger partial charge >= 0.3 is 5.97 Å². The van der Waals surface area contributed by atoms with Crippen LogP contribution < -0.4 is 0 Å². The monoisotopic (exact) mass is 198 g/mol. The molecule has 0 heterocycles. The second kappa shape index (κ2) is 4.17. The SMILES string of the molecule is CC(Cl)OC(=O)C(C)(C)CCl. The number of carbonyl (C=O) groups is 1. The Labute approximate surface area is 76.8 Å². The summed E-state index contributed by atoms with van der Waals surface area (Å²) in [6.07, 6.45) is 0. The van der Waals surface area contributed by atoms with Gasteiger partial charge in [0.1, 0.15) is 0 Å². The van der Waals surface area contributed by atoms with Crippen molar-refractivity contribution in [1.29, 1.82) is 0 Å². The molecule has 0 saturated heterocycles. The highest BCUT2D eigenvalue weighted by Gasteiger charge is 2.29. The molecule has 0 N–H and O–H groups in total. The Morgan fingerprint density at radius 2 is 2.09 bits per heavy atom. The molecule has 0 aromatic heterocycles. The number of carbonyl (C=O) groups excluding carboxylic acids is 1. The lowest BCUT2D eigenvalue weighted by atomic mass is 9.97. The summed E-state index contributed by atoms with van der Waals surface area (Å²) >= 11 is 11.0.